The monoisotopic (exact) mass is 578 g/mol. The number of anilines is 2. The van der Waals surface area contributed by atoms with Crippen LogP contribution in [0.25, 0.3) is 5.65 Å². The average molecular weight is 579 g/mol. The second-order valence-corrected chi connectivity index (χ2v) is 10.2. The number of thioether (sulfide) groups is 1. The zero-order chi connectivity index (χ0) is 28.9. The molecule has 214 valence electrons. The van der Waals surface area contributed by atoms with Crippen molar-refractivity contribution < 1.29 is 27.1 Å². The van der Waals surface area contributed by atoms with E-state index in [1.807, 2.05) is 18.9 Å². The van der Waals surface area contributed by atoms with Crippen LogP contribution < -0.4 is 20.7 Å². The number of nitrogens with one attached hydrogen (secondary N) is 3. The molecule has 2 aromatic heterocycles. The number of halogens is 4. The van der Waals surface area contributed by atoms with E-state index < -0.39 is 17.7 Å². The van der Waals surface area contributed by atoms with Crippen molar-refractivity contribution in [2.75, 3.05) is 51.0 Å². The first-order valence-corrected chi connectivity index (χ1v) is 13.5. The number of likely N-dealkylation sites (tertiary alicyclic amines) is 1. The van der Waals surface area contributed by atoms with Gasteiger partial charge in [-0.05, 0) is 56.6 Å². The van der Waals surface area contributed by atoms with Gasteiger partial charge in [0.15, 0.2) is 5.65 Å². The molecule has 8 nitrogen and oxygen atoms in total. The van der Waals surface area contributed by atoms with Gasteiger partial charge in [0.2, 0.25) is 0 Å². The molecule has 0 unspecified atom stereocenters. The lowest BCUT2D eigenvalue weighted by Gasteiger charge is -2.33. The minimum Gasteiger partial charge on any atom is -0.495 e. The molecule has 3 aromatic rings. The number of ether oxygens (including phenoxy) is 1. The molecule has 3 heterocycles. The first-order valence-electron chi connectivity index (χ1n) is 12.6. The van der Waals surface area contributed by atoms with Gasteiger partial charge in [0, 0.05) is 43.2 Å². The summed E-state index contributed by atoms with van der Waals surface area (Å²) in [5.41, 5.74) is -2.94. The Hall–Kier alpha value is -3.63. The summed E-state index contributed by atoms with van der Waals surface area (Å²) in [5.74, 6) is 5.75. The highest BCUT2D eigenvalue weighted by atomic mass is 32.2. The van der Waals surface area contributed by atoms with E-state index in [2.05, 4.69) is 32.8 Å². The number of methoxy groups -OCH3 is 1. The number of aromatic nitrogens is 2. The molecule has 1 aliphatic rings. The quantitative estimate of drug-likeness (QED) is 0.204. The normalized spacial score (nSPS) is 17.7. The molecule has 1 fully saturated rings. The highest BCUT2D eigenvalue weighted by molar-refractivity contribution is 8.00. The van der Waals surface area contributed by atoms with Crippen molar-refractivity contribution in [3.05, 3.63) is 47.8 Å². The number of carbonyl (C=O) groups excluding carboxylic acids is 1. The van der Waals surface area contributed by atoms with Crippen LogP contribution in [0.1, 0.15) is 29.4 Å². The number of fused-ring (bicyclic) bond motifs is 1. The summed E-state index contributed by atoms with van der Waals surface area (Å²) >= 11 is -0.301. The Labute approximate surface area is 233 Å². The van der Waals surface area contributed by atoms with Crippen molar-refractivity contribution in [1.82, 2.24) is 19.6 Å². The van der Waals surface area contributed by atoms with E-state index in [1.165, 1.54) is 17.7 Å². The Morgan fingerprint density at radius 2 is 2.08 bits per heavy atom. The number of benzene rings is 1. The van der Waals surface area contributed by atoms with E-state index in [9.17, 15) is 22.4 Å². The topological polar surface area (TPSA) is 82.9 Å². The number of imidazole rings is 1. The molecule has 1 aliphatic heterocycles. The van der Waals surface area contributed by atoms with E-state index in [-0.39, 0.29) is 47.1 Å². The molecule has 0 aliphatic carbocycles. The largest absolute Gasteiger partial charge is 0.495 e. The van der Waals surface area contributed by atoms with Crippen LogP contribution >= 0.6 is 11.8 Å². The van der Waals surface area contributed by atoms with Gasteiger partial charge in [-0.1, -0.05) is 5.92 Å². The SMILES string of the molecule is CCNC(=O)c1ccc(NCC#Cc2nc3c(N[C@@H]4CCN(C)C[C@@H]4F)cccn3c2SC(F)(F)F)c(OC)c1. The molecule has 13 heteroatoms. The summed E-state index contributed by atoms with van der Waals surface area (Å²) in [6, 6.07) is 7.66. The van der Waals surface area contributed by atoms with Gasteiger partial charge in [-0.25, -0.2) is 9.37 Å². The Morgan fingerprint density at radius 3 is 2.77 bits per heavy atom. The maximum Gasteiger partial charge on any atom is 0.447 e. The number of nitrogens with zero attached hydrogens (tertiary/aromatic N) is 3. The maximum atomic E-state index is 14.6. The number of hydrogen-bond acceptors (Lipinski definition) is 7. The molecule has 0 radical (unpaired) electrons. The average Bonchev–Trinajstić information content (AvgIpc) is 3.25. The van der Waals surface area contributed by atoms with Crippen molar-refractivity contribution in [2.24, 2.45) is 0 Å². The Kier molecular flexibility index (Phi) is 9.32. The first-order chi connectivity index (χ1) is 19.1. The van der Waals surface area contributed by atoms with Crippen LogP contribution in [0, 0.1) is 11.8 Å². The molecule has 4 rings (SSSR count). The Morgan fingerprint density at radius 1 is 1.27 bits per heavy atom. The summed E-state index contributed by atoms with van der Waals surface area (Å²) in [7, 11) is 3.31. The number of carbonyl (C=O) groups is 1. The molecule has 0 saturated carbocycles. The van der Waals surface area contributed by atoms with Crippen LogP contribution in [0.4, 0.5) is 28.9 Å². The van der Waals surface area contributed by atoms with Gasteiger partial charge in [-0.15, -0.1) is 0 Å². The first kappa shape index (κ1) is 29.4. The molecule has 1 amide bonds. The van der Waals surface area contributed by atoms with Crippen molar-refractivity contribution in [3.8, 4) is 17.6 Å². The van der Waals surface area contributed by atoms with Gasteiger partial charge in [0.25, 0.3) is 5.91 Å². The zero-order valence-corrected chi connectivity index (χ0v) is 23.0. The van der Waals surface area contributed by atoms with E-state index in [0.29, 0.717) is 42.2 Å². The lowest BCUT2D eigenvalue weighted by atomic mass is 10.0. The lowest BCUT2D eigenvalue weighted by molar-refractivity contribution is -0.0330. The standard InChI is InChI=1S/C27H30F4N6O2S/c1-4-32-25(38)17-9-10-20(23(15-17)39-3)33-12-5-7-22-26(40-27(29,30)31)37-13-6-8-21(24(37)35-22)34-19-11-14-36(2)16-18(19)28/h6,8-10,13,15,18-19,33-34H,4,11-12,14,16H2,1-3H3,(H,32,38)/t18-,19+/m0/s1. The van der Waals surface area contributed by atoms with E-state index >= 15 is 0 Å². The number of piperidine rings is 1. The fourth-order valence-electron chi connectivity index (χ4n) is 4.37. The van der Waals surface area contributed by atoms with Gasteiger partial charge in [0.1, 0.15) is 22.6 Å². The second kappa shape index (κ2) is 12.7. The van der Waals surface area contributed by atoms with Crippen molar-refractivity contribution >= 4 is 34.7 Å². The van der Waals surface area contributed by atoms with Crippen LogP contribution in [-0.4, -0.2) is 78.3 Å². The van der Waals surface area contributed by atoms with Crippen molar-refractivity contribution in [2.45, 2.75) is 36.1 Å². The van der Waals surface area contributed by atoms with Crippen LogP contribution in [-0.2, 0) is 0 Å². The van der Waals surface area contributed by atoms with Crippen molar-refractivity contribution in [1.29, 1.82) is 0 Å². The van der Waals surface area contributed by atoms with E-state index in [1.54, 1.807) is 30.3 Å². The number of alkyl halides is 4. The Balaban J connectivity index is 1.58. The molecule has 0 spiro atoms. The molecule has 0 bridgehead atoms. The zero-order valence-electron chi connectivity index (χ0n) is 22.2. The number of amides is 1. The molecular weight excluding hydrogens is 548 g/mol. The van der Waals surface area contributed by atoms with Gasteiger partial charge < -0.3 is 25.6 Å². The second-order valence-electron chi connectivity index (χ2n) is 9.18. The Bertz CT molecular complexity index is 1420. The highest BCUT2D eigenvalue weighted by Gasteiger charge is 2.33. The number of pyridine rings is 1. The van der Waals surface area contributed by atoms with Crippen LogP contribution in [0.3, 0.4) is 0 Å². The summed E-state index contributed by atoms with van der Waals surface area (Å²) in [6.07, 6.45) is 0.902. The smallest absolute Gasteiger partial charge is 0.447 e. The maximum absolute atomic E-state index is 14.6. The van der Waals surface area contributed by atoms with Crippen LogP contribution in [0.5, 0.6) is 5.75 Å². The third-order valence-electron chi connectivity index (χ3n) is 6.28. The molecule has 1 saturated heterocycles. The fraction of sp³-hybridized carbons (Fsp3) is 0.407. The predicted octanol–water partition coefficient (Wildman–Crippen LogP) is 4.62. The fourth-order valence-corrected chi connectivity index (χ4v) is 5.03. The third kappa shape index (κ3) is 7.11. The summed E-state index contributed by atoms with van der Waals surface area (Å²) < 4.78 is 61.7. The van der Waals surface area contributed by atoms with E-state index in [4.69, 9.17) is 4.74 Å². The van der Waals surface area contributed by atoms with Gasteiger partial charge in [-0.2, -0.15) is 13.2 Å². The molecule has 3 N–H and O–H groups in total. The molecule has 2 atom stereocenters. The van der Waals surface area contributed by atoms with Crippen molar-refractivity contribution in [3.63, 3.8) is 0 Å². The van der Waals surface area contributed by atoms with Gasteiger partial charge >= 0.3 is 5.51 Å². The minimum absolute atomic E-state index is 0.0444. The predicted molar refractivity (Wildman–Crippen MR) is 148 cm³/mol. The van der Waals surface area contributed by atoms with E-state index in [0.717, 1.165) is 0 Å². The van der Waals surface area contributed by atoms with Crippen LogP contribution in [0.2, 0.25) is 0 Å². The highest BCUT2D eigenvalue weighted by Crippen LogP contribution is 2.39. The molecule has 40 heavy (non-hydrogen) atoms. The number of rotatable bonds is 8. The summed E-state index contributed by atoms with van der Waals surface area (Å²) in [5, 5.41) is 8.73. The molecular formula is C27H30F4N6O2S. The summed E-state index contributed by atoms with van der Waals surface area (Å²) in [4.78, 5) is 18.4. The lowest BCUT2D eigenvalue weighted by Crippen LogP contribution is -2.46. The minimum atomic E-state index is -4.56. The summed E-state index contributed by atoms with van der Waals surface area (Å²) in [6.45, 7) is 3.35. The molecule has 1 aromatic carbocycles. The van der Waals surface area contributed by atoms with Crippen LogP contribution in [0.15, 0.2) is 41.6 Å². The van der Waals surface area contributed by atoms with Gasteiger partial charge in [0.05, 0.1) is 31.1 Å². The van der Waals surface area contributed by atoms with Gasteiger partial charge in [-0.3, -0.25) is 9.20 Å². The number of hydrogen-bond donors (Lipinski definition) is 3. The third-order valence-corrected chi connectivity index (χ3v) is 7.09.